The Kier molecular flexibility index (Phi) is 12.7. The van der Waals surface area contributed by atoms with Gasteiger partial charge in [0, 0.05) is 0 Å². The number of carbonyl (C=O) groups excluding carboxylic acids is 2. The van der Waals surface area contributed by atoms with Crippen molar-refractivity contribution in [1.29, 1.82) is 0 Å². The minimum atomic E-state index is -0.448. The van der Waals surface area contributed by atoms with Gasteiger partial charge in [-0.2, -0.15) is 0 Å². The predicted octanol–water partition coefficient (Wildman–Crippen LogP) is 7.25. The van der Waals surface area contributed by atoms with E-state index in [4.69, 9.17) is 0 Å². The number of carbonyl (C=O) groups is 2. The van der Waals surface area contributed by atoms with E-state index < -0.39 is 11.9 Å². The summed E-state index contributed by atoms with van der Waals surface area (Å²) in [7, 11) is 0. The number of unbranched alkanes of at least 4 members (excludes halogenated alkanes) is 2. The van der Waals surface area contributed by atoms with Gasteiger partial charge in [-0.3, -0.25) is 0 Å². The Balaban J connectivity index is 3.85. The van der Waals surface area contributed by atoms with E-state index in [-0.39, 0.29) is 0 Å². The third-order valence-corrected chi connectivity index (χ3v) is 6.03. The molecule has 0 saturated carbocycles. The molecule has 0 bridgehead atoms. The molecule has 0 rings (SSSR count). The lowest BCUT2D eigenvalue weighted by Gasteiger charge is -2.29. The van der Waals surface area contributed by atoms with Crippen molar-refractivity contribution in [3.63, 3.8) is 0 Å². The summed E-state index contributed by atoms with van der Waals surface area (Å²) < 4.78 is 0. The van der Waals surface area contributed by atoms with Crippen molar-refractivity contribution >= 4 is 11.9 Å². The van der Waals surface area contributed by atoms with E-state index in [9.17, 15) is 9.59 Å². The standard InChI is InChI=1S/C24H46O4/c1-9-19(23(3,4)5)15-11-13-17-21(25)27-28-22(26)18-14-12-16-20(10-2)24(6,7)8/h19-20H,9-18H2,1-8H3. The second-order valence-corrected chi connectivity index (χ2v) is 10.3. The first-order chi connectivity index (χ1) is 12.9. The molecule has 0 fully saturated rings. The van der Waals surface area contributed by atoms with Crippen LogP contribution in [0.3, 0.4) is 0 Å². The minimum Gasteiger partial charge on any atom is -0.247 e. The van der Waals surface area contributed by atoms with Crippen LogP contribution in [-0.2, 0) is 19.4 Å². The van der Waals surface area contributed by atoms with Crippen molar-refractivity contribution in [2.45, 2.75) is 120 Å². The fourth-order valence-electron chi connectivity index (χ4n) is 4.00. The highest BCUT2D eigenvalue weighted by Gasteiger charge is 2.23. The fourth-order valence-corrected chi connectivity index (χ4v) is 4.00. The maximum Gasteiger partial charge on any atom is 0.355 e. The molecule has 0 N–H and O–H groups in total. The lowest BCUT2D eigenvalue weighted by Crippen LogP contribution is -2.19. The Morgan fingerprint density at radius 2 is 0.964 bits per heavy atom. The average Bonchev–Trinajstić information content (AvgIpc) is 2.57. The van der Waals surface area contributed by atoms with Gasteiger partial charge in [-0.05, 0) is 48.3 Å². The molecule has 2 unspecified atom stereocenters. The van der Waals surface area contributed by atoms with Crippen LogP contribution in [0.25, 0.3) is 0 Å². The summed E-state index contributed by atoms with van der Waals surface area (Å²) in [5, 5.41) is 0. The second kappa shape index (κ2) is 13.2. The van der Waals surface area contributed by atoms with Crippen molar-refractivity contribution in [2.24, 2.45) is 22.7 Å². The predicted molar refractivity (Wildman–Crippen MR) is 116 cm³/mol. The first kappa shape index (κ1) is 26.9. The monoisotopic (exact) mass is 398 g/mol. The maximum absolute atomic E-state index is 11.7. The van der Waals surface area contributed by atoms with Crippen molar-refractivity contribution in [2.75, 3.05) is 0 Å². The smallest absolute Gasteiger partial charge is 0.247 e. The van der Waals surface area contributed by atoms with E-state index in [1.165, 1.54) is 0 Å². The molecule has 0 aliphatic heterocycles. The lowest BCUT2D eigenvalue weighted by molar-refractivity contribution is -0.259. The highest BCUT2D eigenvalue weighted by Crippen LogP contribution is 2.33. The maximum atomic E-state index is 11.7. The van der Waals surface area contributed by atoms with Crippen LogP contribution < -0.4 is 0 Å². The van der Waals surface area contributed by atoms with E-state index in [1.54, 1.807) is 0 Å². The average molecular weight is 399 g/mol. The van der Waals surface area contributed by atoms with Crippen LogP contribution in [0, 0.1) is 22.7 Å². The van der Waals surface area contributed by atoms with Crippen LogP contribution in [0.1, 0.15) is 120 Å². The summed E-state index contributed by atoms with van der Waals surface area (Å²) in [6.45, 7) is 18.0. The van der Waals surface area contributed by atoms with Crippen molar-refractivity contribution < 1.29 is 19.4 Å². The summed E-state index contributed by atoms with van der Waals surface area (Å²) in [6, 6.07) is 0. The van der Waals surface area contributed by atoms with Crippen LogP contribution in [0.2, 0.25) is 0 Å². The molecule has 28 heavy (non-hydrogen) atoms. The van der Waals surface area contributed by atoms with Gasteiger partial charge in [0.25, 0.3) is 0 Å². The minimum absolute atomic E-state index is 0.300. The summed E-state index contributed by atoms with van der Waals surface area (Å²) in [4.78, 5) is 32.8. The molecule has 0 aliphatic rings. The topological polar surface area (TPSA) is 52.6 Å². The molecule has 0 aliphatic carbocycles. The largest absolute Gasteiger partial charge is 0.355 e. The molecule has 0 spiro atoms. The summed E-state index contributed by atoms with van der Waals surface area (Å²) >= 11 is 0. The van der Waals surface area contributed by atoms with Crippen molar-refractivity contribution in [3.8, 4) is 0 Å². The van der Waals surface area contributed by atoms with Crippen LogP contribution in [0.5, 0.6) is 0 Å². The molecule has 0 radical (unpaired) electrons. The highest BCUT2D eigenvalue weighted by atomic mass is 17.2. The highest BCUT2D eigenvalue weighted by molar-refractivity contribution is 5.72. The van der Waals surface area contributed by atoms with E-state index in [0.29, 0.717) is 35.5 Å². The number of hydrogen-bond donors (Lipinski definition) is 0. The first-order valence-electron chi connectivity index (χ1n) is 11.3. The fraction of sp³-hybridized carbons (Fsp3) is 0.917. The molecule has 0 aromatic heterocycles. The Labute approximate surface area is 174 Å². The summed E-state index contributed by atoms with van der Waals surface area (Å²) in [5.74, 6) is 0.422. The van der Waals surface area contributed by atoms with Gasteiger partial charge in [0.2, 0.25) is 0 Å². The summed E-state index contributed by atoms with van der Waals surface area (Å²) in [5.41, 5.74) is 0.601. The second-order valence-electron chi connectivity index (χ2n) is 10.3. The Morgan fingerprint density at radius 1 is 0.643 bits per heavy atom. The number of rotatable bonds is 12. The van der Waals surface area contributed by atoms with E-state index in [2.05, 4.69) is 65.2 Å². The molecule has 2 atom stereocenters. The van der Waals surface area contributed by atoms with Crippen molar-refractivity contribution in [1.82, 2.24) is 0 Å². The van der Waals surface area contributed by atoms with Gasteiger partial charge >= 0.3 is 11.9 Å². The van der Waals surface area contributed by atoms with Crippen LogP contribution in [0.4, 0.5) is 0 Å². The zero-order valence-electron chi connectivity index (χ0n) is 19.9. The molecule has 4 nitrogen and oxygen atoms in total. The summed E-state index contributed by atoms with van der Waals surface area (Å²) in [6.07, 6.45) is 8.66. The van der Waals surface area contributed by atoms with E-state index >= 15 is 0 Å². The zero-order chi connectivity index (χ0) is 21.8. The SMILES string of the molecule is CCC(CCCCC(=O)OOC(=O)CCCCC(CC)C(C)(C)C)C(C)(C)C. The molecule has 4 heteroatoms. The Morgan fingerprint density at radius 3 is 1.21 bits per heavy atom. The quantitative estimate of drug-likeness (QED) is 0.197. The van der Waals surface area contributed by atoms with Gasteiger partial charge < -0.3 is 0 Å². The van der Waals surface area contributed by atoms with Gasteiger partial charge in [-0.1, -0.05) is 81.1 Å². The molecular formula is C24H46O4. The zero-order valence-corrected chi connectivity index (χ0v) is 19.9. The molecule has 166 valence electrons. The van der Waals surface area contributed by atoms with E-state index in [0.717, 1.165) is 51.4 Å². The van der Waals surface area contributed by atoms with E-state index in [1.807, 2.05) is 0 Å². The van der Waals surface area contributed by atoms with Crippen LogP contribution in [0.15, 0.2) is 0 Å². The Hall–Kier alpha value is -1.06. The molecule has 0 heterocycles. The number of hydrogen-bond acceptors (Lipinski definition) is 4. The molecular weight excluding hydrogens is 352 g/mol. The van der Waals surface area contributed by atoms with Gasteiger partial charge in [0.05, 0.1) is 12.8 Å². The molecule has 0 saturated heterocycles. The van der Waals surface area contributed by atoms with Crippen LogP contribution in [-0.4, -0.2) is 11.9 Å². The van der Waals surface area contributed by atoms with Gasteiger partial charge in [0.15, 0.2) is 0 Å². The van der Waals surface area contributed by atoms with Gasteiger partial charge in [-0.15, -0.1) is 0 Å². The third kappa shape index (κ3) is 12.4. The molecule has 0 amide bonds. The van der Waals surface area contributed by atoms with Crippen LogP contribution >= 0.6 is 0 Å². The molecule has 0 aromatic carbocycles. The lowest BCUT2D eigenvalue weighted by atomic mass is 9.76. The normalized spacial score (nSPS) is 14.4. The Bertz CT molecular complexity index is 401. The third-order valence-electron chi connectivity index (χ3n) is 6.03. The van der Waals surface area contributed by atoms with Crippen molar-refractivity contribution in [3.05, 3.63) is 0 Å². The van der Waals surface area contributed by atoms with Gasteiger partial charge in [-0.25, -0.2) is 19.4 Å². The molecule has 0 aromatic rings. The van der Waals surface area contributed by atoms with Gasteiger partial charge in [0.1, 0.15) is 0 Å². The first-order valence-corrected chi connectivity index (χ1v) is 11.3.